The van der Waals surface area contributed by atoms with Gasteiger partial charge in [-0.15, -0.1) is 0 Å². The molecule has 0 spiro atoms. The number of piperazine rings is 1. The highest BCUT2D eigenvalue weighted by molar-refractivity contribution is 5.93. The normalized spacial score (nSPS) is 17.4. The van der Waals surface area contributed by atoms with Crippen LogP contribution in [0.15, 0.2) is 12.4 Å². The lowest BCUT2D eigenvalue weighted by atomic mass is 10.2. The van der Waals surface area contributed by atoms with Crippen molar-refractivity contribution in [3.8, 4) is 0 Å². The zero-order valence-electron chi connectivity index (χ0n) is 10.0. The number of hydrogen-bond donors (Lipinski definition) is 1. The summed E-state index contributed by atoms with van der Waals surface area (Å²) in [4.78, 5) is 16.1. The van der Waals surface area contributed by atoms with Crippen LogP contribution in [0.5, 0.6) is 0 Å². The molecule has 0 bridgehead atoms. The van der Waals surface area contributed by atoms with Gasteiger partial charge in [0.25, 0.3) is 5.91 Å². The average Bonchev–Trinajstić information content (AvgIpc) is 2.76. The van der Waals surface area contributed by atoms with E-state index < -0.39 is 0 Å². The highest BCUT2D eigenvalue weighted by Crippen LogP contribution is 2.07. The standard InChI is InChI=1S/C11H18N4O2/c1-13-9-10(8-12-13)11(17)15-4-2-14(3-5-15)6-7-16/h8-9,16H,2-7H2,1H3. The first-order valence-corrected chi connectivity index (χ1v) is 5.82. The molecule has 0 saturated carbocycles. The Morgan fingerprint density at radius 3 is 2.65 bits per heavy atom. The smallest absolute Gasteiger partial charge is 0.257 e. The first-order chi connectivity index (χ1) is 8.20. The van der Waals surface area contributed by atoms with Crippen molar-refractivity contribution >= 4 is 5.91 Å². The second kappa shape index (κ2) is 5.29. The Balaban J connectivity index is 1.90. The van der Waals surface area contributed by atoms with Crippen LogP contribution in [0.4, 0.5) is 0 Å². The summed E-state index contributed by atoms with van der Waals surface area (Å²) in [5, 5.41) is 12.8. The van der Waals surface area contributed by atoms with Crippen LogP contribution < -0.4 is 0 Å². The van der Waals surface area contributed by atoms with Crippen LogP contribution in [0.2, 0.25) is 0 Å². The molecule has 1 saturated heterocycles. The van der Waals surface area contributed by atoms with Gasteiger partial charge >= 0.3 is 0 Å². The van der Waals surface area contributed by atoms with Crippen molar-refractivity contribution in [1.82, 2.24) is 19.6 Å². The van der Waals surface area contributed by atoms with E-state index in [1.54, 1.807) is 24.1 Å². The molecular formula is C11H18N4O2. The number of carbonyl (C=O) groups excluding carboxylic acids is 1. The van der Waals surface area contributed by atoms with E-state index in [2.05, 4.69) is 10.00 Å². The molecule has 1 N–H and O–H groups in total. The molecule has 0 unspecified atom stereocenters. The topological polar surface area (TPSA) is 61.6 Å². The summed E-state index contributed by atoms with van der Waals surface area (Å²) in [6, 6.07) is 0. The molecule has 1 fully saturated rings. The summed E-state index contributed by atoms with van der Waals surface area (Å²) in [5.41, 5.74) is 0.642. The van der Waals surface area contributed by atoms with Gasteiger partial charge < -0.3 is 10.0 Å². The van der Waals surface area contributed by atoms with E-state index in [-0.39, 0.29) is 12.5 Å². The molecule has 1 aliphatic heterocycles. The van der Waals surface area contributed by atoms with Gasteiger partial charge in [-0.2, -0.15) is 5.10 Å². The Hall–Kier alpha value is -1.40. The number of nitrogens with zero attached hydrogens (tertiary/aromatic N) is 4. The van der Waals surface area contributed by atoms with Crippen LogP contribution >= 0.6 is 0 Å². The van der Waals surface area contributed by atoms with Gasteiger partial charge in [-0.25, -0.2) is 0 Å². The molecule has 1 aromatic rings. The maximum absolute atomic E-state index is 12.1. The Morgan fingerprint density at radius 1 is 1.41 bits per heavy atom. The van der Waals surface area contributed by atoms with Gasteiger partial charge in [-0.1, -0.05) is 0 Å². The number of amides is 1. The van der Waals surface area contributed by atoms with E-state index in [1.807, 2.05) is 4.90 Å². The third-order valence-corrected chi connectivity index (χ3v) is 3.03. The van der Waals surface area contributed by atoms with Crippen molar-refractivity contribution < 1.29 is 9.90 Å². The second-order valence-electron chi connectivity index (χ2n) is 4.26. The SMILES string of the molecule is Cn1cc(C(=O)N2CCN(CCO)CC2)cn1. The molecule has 6 heteroatoms. The molecule has 1 aromatic heterocycles. The van der Waals surface area contributed by atoms with Crippen LogP contribution in [0.25, 0.3) is 0 Å². The number of carbonyl (C=O) groups is 1. The summed E-state index contributed by atoms with van der Waals surface area (Å²) >= 11 is 0. The van der Waals surface area contributed by atoms with Gasteiger partial charge in [-0.3, -0.25) is 14.4 Å². The molecule has 17 heavy (non-hydrogen) atoms. The summed E-state index contributed by atoms with van der Waals surface area (Å²) in [6.07, 6.45) is 3.34. The van der Waals surface area contributed by atoms with E-state index in [4.69, 9.17) is 5.11 Å². The van der Waals surface area contributed by atoms with E-state index in [1.165, 1.54) is 0 Å². The minimum absolute atomic E-state index is 0.0433. The second-order valence-corrected chi connectivity index (χ2v) is 4.26. The molecule has 0 radical (unpaired) electrons. The van der Waals surface area contributed by atoms with Gasteiger partial charge in [0.15, 0.2) is 0 Å². The van der Waals surface area contributed by atoms with E-state index in [0.717, 1.165) is 13.1 Å². The molecule has 0 atom stereocenters. The monoisotopic (exact) mass is 238 g/mol. The first-order valence-electron chi connectivity index (χ1n) is 5.82. The number of aliphatic hydroxyl groups is 1. The van der Waals surface area contributed by atoms with Crippen molar-refractivity contribution in [2.75, 3.05) is 39.3 Å². The van der Waals surface area contributed by atoms with Crippen molar-refractivity contribution in [2.45, 2.75) is 0 Å². The van der Waals surface area contributed by atoms with Gasteiger partial charge in [0.2, 0.25) is 0 Å². The van der Waals surface area contributed by atoms with E-state index in [9.17, 15) is 4.79 Å². The Bertz CT molecular complexity index is 383. The number of aromatic nitrogens is 2. The molecule has 94 valence electrons. The zero-order valence-corrected chi connectivity index (χ0v) is 10.0. The van der Waals surface area contributed by atoms with Crippen LogP contribution in [0.1, 0.15) is 10.4 Å². The fourth-order valence-electron chi connectivity index (χ4n) is 2.03. The largest absolute Gasteiger partial charge is 0.395 e. The Morgan fingerprint density at radius 2 is 2.12 bits per heavy atom. The molecule has 0 aromatic carbocycles. The lowest BCUT2D eigenvalue weighted by Gasteiger charge is -2.34. The maximum Gasteiger partial charge on any atom is 0.257 e. The molecular weight excluding hydrogens is 220 g/mol. The molecule has 0 aliphatic carbocycles. The number of aryl methyl sites for hydroxylation is 1. The first kappa shape index (κ1) is 12.1. The predicted octanol–water partition coefficient (Wildman–Crippen LogP) is -0.830. The van der Waals surface area contributed by atoms with Crippen LogP contribution in [0, 0.1) is 0 Å². The number of hydrogen-bond acceptors (Lipinski definition) is 4. The number of β-amino-alcohol motifs (C(OH)–C–C–N with tert-alkyl or cyclic N) is 1. The fraction of sp³-hybridized carbons (Fsp3) is 0.636. The lowest BCUT2D eigenvalue weighted by Crippen LogP contribution is -2.49. The van der Waals surface area contributed by atoms with Crippen molar-refractivity contribution in [1.29, 1.82) is 0 Å². The number of rotatable bonds is 3. The minimum atomic E-state index is 0.0433. The summed E-state index contributed by atoms with van der Waals surface area (Å²) in [5.74, 6) is 0.0433. The molecule has 2 heterocycles. The number of aliphatic hydroxyl groups excluding tert-OH is 1. The van der Waals surface area contributed by atoms with Crippen molar-refractivity contribution in [3.05, 3.63) is 18.0 Å². The van der Waals surface area contributed by atoms with Gasteiger partial charge in [0.05, 0.1) is 18.4 Å². The van der Waals surface area contributed by atoms with Gasteiger partial charge in [-0.05, 0) is 0 Å². The maximum atomic E-state index is 12.1. The molecule has 2 rings (SSSR count). The highest BCUT2D eigenvalue weighted by Gasteiger charge is 2.22. The third kappa shape index (κ3) is 2.83. The van der Waals surface area contributed by atoms with Crippen LogP contribution in [0.3, 0.4) is 0 Å². The summed E-state index contributed by atoms with van der Waals surface area (Å²) in [7, 11) is 1.80. The van der Waals surface area contributed by atoms with Gasteiger partial charge in [0.1, 0.15) is 0 Å². The van der Waals surface area contributed by atoms with Crippen molar-refractivity contribution in [2.24, 2.45) is 7.05 Å². The highest BCUT2D eigenvalue weighted by atomic mass is 16.3. The molecule has 1 amide bonds. The lowest BCUT2D eigenvalue weighted by molar-refractivity contribution is 0.0615. The summed E-state index contributed by atoms with van der Waals surface area (Å²) in [6.45, 7) is 3.95. The van der Waals surface area contributed by atoms with Crippen molar-refractivity contribution in [3.63, 3.8) is 0 Å². The summed E-state index contributed by atoms with van der Waals surface area (Å²) < 4.78 is 1.63. The third-order valence-electron chi connectivity index (χ3n) is 3.03. The molecule has 1 aliphatic rings. The van der Waals surface area contributed by atoms with Crippen LogP contribution in [-0.2, 0) is 7.05 Å². The van der Waals surface area contributed by atoms with Crippen LogP contribution in [-0.4, -0.2) is 69.9 Å². The predicted molar refractivity (Wildman–Crippen MR) is 62.6 cm³/mol. The quantitative estimate of drug-likeness (QED) is 0.746. The van der Waals surface area contributed by atoms with E-state index in [0.29, 0.717) is 25.2 Å². The zero-order chi connectivity index (χ0) is 12.3. The molecule has 6 nitrogen and oxygen atoms in total. The Labute approximate surface area is 100 Å². The Kier molecular flexibility index (Phi) is 3.75. The average molecular weight is 238 g/mol. The fourth-order valence-corrected chi connectivity index (χ4v) is 2.03. The van der Waals surface area contributed by atoms with Gasteiger partial charge in [0, 0.05) is 46.0 Å². The minimum Gasteiger partial charge on any atom is -0.395 e. The van der Waals surface area contributed by atoms with E-state index >= 15 is 0 Å².